The number of anilines is 1. The molecule has 0 bridgehead atoms. The van der Waals surface area contributed by atoms with E-state index in [1.165, 1.54) is 6.33 Å². The van der Waals surface area contributed by atoms with Crippen LogP contribution in [0.1, 0.15) is 31.0 Å². The summed E-state index contributed by atoms with van der Waals surface area (Å²) in [5.74, 6) is 1.07. The highest BCUT2D eigenvalue weighted by Gasteiger charge is 2.14. The Balaban J connectivity index is 1.63. The van der Waals surface area contributed by atoms with E-state index in [0.29, 0.717) is 18.1 Å². The largest absolute Gasteiger partial charge is 0.364 e. The zero-order valence-corrected chi connectivity index (χ0v) is 14.1. The fraction of sp³-hybridized carbons (Fsp3) is 0.222. The van der Waals surface area contributed by atoms with Gasteiger partial charge in [-0.2, -0.15) is 5.10 Å². The summed E-state index contributed by atoms with van der Waals surface area (Å²) < 4.78 is 1.93. The molecule has 0 unspecified atom stereocenters. The fourth-order valence-corrected chi connectivity index (χ4v) is 2.84. The highest BCUT2D eigenvalue weighted by molar-refractivity contribution is 5.81. The topological polar surface area (TPSA) is 84.3 Å². The third kappa shape index (κ3) is 2.96. The van der Waals surface area contributed by atoms with E-state index in [1.807, 2.05) is 35.0 Å². The zero-order chi connectivity index (χ0) is 17.2. The molecule has 0 aliphatic heterocycles. The summed E-state index contributed by atoms with van der Waals surface area (Å²) in [5.41, 5.74) is 4.73. The molecule has 7 heteroatoms. The van der Waals surface area contributed by atoms with Crippen LogP contribution < -0.4 is 5.32 Å². The van der Waals surface area contributed by atoms with Gasteiger partial charge in [-0.1, -0.05) is 32.0 Å². The first kappa shape index (κ1) is 15.3. The third-order valence-electron chi connectivity index (χ3n) is 4.06. The third-order valence-corrected chi connectivity index (χ3v) is 4.06. The van der Waals surface area contributed by atoms with Crippen molar-refractivity contribution in [2.24, 2.45) is 0 Å². The van der Waals surface area contributed by atoms with Crippen LogP contribution in [0.25, 0.3) is 16.9 Å². The maximum absolute atomic E-state index is 4.77. The molecule has 0 aliphatic carbocycles. The average Bonchev–Trinajstić information content (AvgIpc) is 3.28. The molecule has 25 heavy (non-hydrogen) atoms. The molecule has 2 N–H and O–H groups in total. The average molecular weight is 333 g/mol. The summed E-state index contributed by atoms with van der Waals surface area (Å²) in [6.45, 7) is 4.93. The molecule has 3 aromatic heterocycles. The highest BCUT2D eigenvalue weighted by Crippen LogP contribution is 2.22. The van der Waals surface area contributed by atoms with Crippen LogP contribution in [0.4, 0.5) is 5.82 Å². The van der Waals surface area contributed by atoms with Crippen molar-refractivity contribution >= 4 is 17.0 Å². The molecular formula is C18H19N7. The smallest absolute Gasteiger partial charge is 0.182 e. The minimum atomic E-state index is 0.333. The summed E-state index contributed by atoms with van der Waals surface area (Å²) in [6.07, 6.45) is 5.21. The Morgan fingerprint density at radius 2 is 1.96 bits per heavy atom. The number of hydrogen-bond acceptors (Lipinski definition) is 5. The number of nitrogens with zero attached hydrogens (tertiary/aromatic N) is 5. The Morgan fingerprint density at radius 1 is 1.12 bits per heavy atom. The van der Waals surface area contributed by atoms with Crippen LogP contribution >= 0.6 is 0 Å². The number of rotatable bonds is 5. The van der Waals surface area contributed by atoms with Gasteiger partial charge in [-0.3, -0.25) is 0 Å². The molecule has 0 saturated carbocycles. The molecule has 0 saturated heterocycles. The van der Waals surface area contributed by atoms with Crippen LogP contribution in [-0.4, -0.2) is 29.7 Å². The van der Waals surface area contributed by atoms with Crippen LogP contribution in [0, 0.1) is 0 Å². The summed E-state index contributed by atoms with van der Waals surface area (Å²) >= 11 is 0. The van der Waals surface area contributed by atoms with Gasteiger partial charge in [0.1, 0.15) is 11.8 Å². The van der Waals surface area contributed by atoms with Crippen LogP contribution in [0.15, 0.2) is 49.2 Å². The Bertz CT molecular complexity index is 985. The van der Waals surface area contributed by atoms with Crippen LogP contribution in [0.3, 0.4) is 0 Å². The first-order valence-corrected chi connectivity index (χ1v) is 8.24. The number of benzene rings is 1. The van der Waals surface area contributed by atoms with Crippen LogP contribution in [-0.2, 0) is 6.54 Å². The van der Waals surface area contributed by atoms with E-state index in [1.54, 1.807) is 6.33 Å². The summed E-state index contributed by atoms with van der Waals surface area (Å²) in [6, 6.07) is 10.1. The zero-order valence-electron chi connectivity index (χ0n) is 14.1. The van der Waals surface area contributed by atoms with Gasteiger partial charge in [0, 0.05) is 18.3 Å². The van der Waals surface area contributed by atoms with E-state index in [4.69, 9.17) is 5.10 Å². The van der Waals surface area contributed by atoms with Crippen molar-refractivity contribution in [2.75, 3.05) is 5.32 Å². The Morgan fingerprint density at radius 3 is 2.76 bits per heavy atom. The van der Waals surface area contributed by atoms with E-state index in [2.05, 4.69) is 45.3 Å². The summed E-state index contributed by atoms with van der Waals surface area (Å²) in [7, 11) is 0. The van der Waals surface area contributed by atoms with Gasteiger partial charge < -0.3 is 10.3 Å². The quantitative estimate of drug-likeness (QED) is 0.585. The lowest BCUT2D eigenvalue weighted by atomic mass is 10.1. The molecule has 7 nitrogen and oxygen atoms in total. The maximum Gasteiger partial charge on any atom is 0.182 e. The lowest BCUT2D eigenvalue weighted by Gasteiger charge is -2.07. The number of imidazole rings is 1. The molecule has 4 aromatic rings. The monoisotopic (exact) mass is 333 g/mol. The first-order chi connectivity index (χ1) is 12.2. The minimum absolute atomic E-state index is 0.333. The van der Waals surface area contributed by atoms with Crippen molar-refractivity contribution < 1.29 is 0 Å². The number of para-hydroxylation sites is 1. The number of nitrogens with one attached hydrogen (secondary N) is 2. The van der Waals surface area contributed by atoms with Gasteiger partial charge in [0.25, 0.3) is 0 Å². The van der Waals surface area contributed by atoms with Crippen molar-refractivity contribution in [3.8, 4) is 5.69 Å². The lowest BCUT2D eigenvalue weighted by Crippen LogP contribution is -2.04. The van der Waals surface area contributed by atoms with Crippen LogP contribution in [0.2, 0.25) is 0 Å². The van der Waals surface area contributed by atoms with E-state index in [-0.39, 0.29) is 0 Å². The molecule has 0 atom stereocenters. The van der Waals surface area contributed by atoms with Crippen LogP contribution in [0.5, 0.6) is 0 Å². The number of H-pyrrole nitrogens is 1. The highest BCUT2D eigenvalue weighted by atomic mass is 15.3. The van der Waals surface area contributed by atoms with E-state index >= 15 is 0 Å². The van der Waals surface area contributed by atoms with Crippen molar-refractivity contribution in [3.05, 3.63) is 60.4 Å². The van der Waals surface area contributed by atoms with Crippen molar-refractivity contribution in [1.82, 2.24) is 29.7 Å². The number of fused-ring (bicyclic) bond motifs is 1. The van der Waals surface area contributed by atoms with Crippen molar-refractivity contribution in [1.29, 1.82) is 0 Å². The molecule has 0 aliphatic rings. The predicted molar refractivity (Wildman–Crippen MR) is 96.7 cm³/mol. The first-order valence-electron chi connectivity index (χ1n) is 8.24. The molecule has 0 radical (unpaired) electrons. The van der Waals surface area contributed by atoms with Gasteiger partial charge in [0.2, 0.25) is 0 Å². The molecule has 1 aromatic carbocycles. The van der Waals surface area contributed by atoms with E-state index in [0.717, 1.165) is 28.3 Å². The summed E-state index contributed by atoms with van der Waals surface area (Å²) in [4.78, 5) is 15.7. The molecule has 126 valence electrons. The lowest BCUT2D eigenvalue weighted by molar-refractivity contribution is 0.763. The molecule has 0 fully saturated rings. The number of hydrogen-bond donors (Lipinski definition) is 2. The second-order valence-corrected chi connectivity index (χ2v) is 6.15. The minimum Gasteiger partial charge on any atom is -0.364 e. The molecule has 4 rings (SSSR count). The molecule has 3 heterocycles. The number of aromatic amines is 1. The van der Waals surface area contributed by atoms with Gasteiger partial charge in [0.05, 0.1) is 17.7 Å². The fourth-order valence-electron chi connectivity index (χ4n) is 2.84. The normalized spacial score (nSPS) is 11.3. The second kappa shape index (κ2) is 6.35. The van der Waals surface area contributed by atoms with Gasteiger partial charge in [-0.15, -0.1) is 0 Å². The van der Waals surface area contributed by atoms with Crippen molar-refractivity contribution in [3.63, 3.8) is 0 Å². The SMILES string of the molecule is CC(C)c1nn(-c2ccccc2)cc1CNc1ncnc2nc[nH]c12. The van der Waals surface area contributed by atoms with Gasteiger partial charge in [-0.05, 0) is 18.1 Å². The van der Waals surface area contributed by atoms with E-state index < -0.39 is 0 Å². The Hall–Kier alpha value is -3.22. The van der Waals surface area contributed by atoms with Gasteiger partial charge in [0.15, 0.2) is 11.5 Å². The molecular weight excluding hydrogens is 314 g/mol. The number of aromatic nitrogens is 6. The predicted octanol–water partition coefficient (Wildman–Crippen LogP) is 3.27. The molecule has 0 spiro atoms. The van der Waals surface area contributed by atoms with E-state index in [9.17, 15) is 0 Å². The second-order valence-electron chi connectivity index (χ2n) is 6.15. The van der Waals surface area contributed by atoms with Gasteiger partial charge >= 0.3 is 0 Å². The summed E-state index contributed by atoms with van der Waals surface area (Å²) in [5, 5.41) is 8.14. The standard InChI is InChI=1S/C18H19N7/c1-12(2)15-13(9-25(24-15)14-6-4-3-5-7-14)8-19-17-16-18(21-10-20-16)23-11-22-17/h3-7,9-12H,8H2,1-2H3,(H2,19,20,21,22,23). The Labute approximate surface area is 145 Å². The van der Waals surface area contributed by atoms with Gasteiger partial charge in [-0.25, -0.2) is 19.6 Å². The molecule has 0 amide bonds. The maximum atomic E-state index is 4.77. The Kier molecular flexibility index (Phi) is 3.89. The van der Waals surface area contributed by atoms with Crippen molar-refractivity contribution in [2.45, 2.75) is 26.3 Å².